The lowest BCUT2D eigenvalue weighted by molar-refractivity contribution is 0.628. The number of fused-ring (bicyclic) bond motifs is 20. The number of anilines is 5. The average molecular weight is 1780 g/mol. The third-order valence-corrected chi connectivity index (χ3v) is 30.3. The molecule has 0 fully saturated rings. The second kappa shape index (κ2) is 31.3. The summed E-state index contributed by atoms with van der Waals surface area (Å²) < 4.78 is 27.0. The molecule has 0 radical (unpaired) electrons. The number of furan rings is 4. The maximum atomic E-state index is 7.08. The second-order valence-electron chi connectivity index (χ2n) is 38.6. The zero-order valence-corrected chi connectivity index (χ0v) is 76.6. The van der Waals surface area contributed by atoms with Crippen LogP contribution in [0.25, 0.3) is 198 Å². The SMILES string of the molecule is CC1C=C(N(c2ccc3c(c2)C(c2ccccc2)(c2ccccc2)c2ccccc2-3)c2ccc3ccccc3c2)C=CC1c1cc(-c2ccc3oc4ccccc4c3c2)cc(-c2ccc3oc4cc(-c5cccc6c5oc5ccc(-c7cc(-c8ccc(N(c9ccc%10c(c9)C(C)(C)c9ccccc9-%10)c9ccc%10ccccc%10c9)cc8)cc(-c8ccc9oc%10ccccc%10c9c8)c7)cc56)ccc4c3c2)c1. The maximum absolute atomic E-state index is 7.08. The number of para-hydroxylation sites is 3. The molecule has 0 amide bonds. The fourth-order valence-electron chi connectivity index (χ4n) is 23.5. The third kappa shape index (κ3) is 12.9. The van der Waals surface area contributed by atoms with E-state index in [1.807, 2.05) is 12.1 Å². The summed E-state index contributed by atoms with van der Waals surface area (Å²) in [4.78, 5) is 4.91. The first-order valence-electron chi connectivity index (χ1n) is 48.2. The Morgan fingerprint density at radius 1 is 0.230 bits per heavy atom. The van der Waals surface area contributed by atoms with Gasteiger partial charge in [0.1, 0.15) is 44.7 Å². The van der Waals surface area contributed by atoms with Crippen LogP contribution in [0.3, 0.4) is 0 Å². The van der Waals surface area contributed by atoms with Crippen LogP contribution >= 0.6 is 0 Å². The number of hydrogen-bond donors (Lipinski definition) is 0. The van der Waals surface area contributed by atoms with Crippen molar-refractivity contribution < 1.29 is 17.7 Å². The molecule has 0 bridgehead atoms. The summed E-state index contributed by atoms with van der Waals surface area (Å²) >= 11 is 0. The van der Waals surface area contributed by atoms with Gasteiger partial charge in [0.05, 0.1) is 5.41 Å². The lowest BCUT2D eigenvalue weighted by Crippen LogP contribution is -2.29. The molecule has 139 heavy (non-hydrogen) atoms. The fourth-order valence-corrected chi connectivity index (χ4v) is 23.5. The Balaban J connectivity index is 0.524. The lowest BCUT2D eigenvalue weighted by Gasteiger charge is -2.35. The molecule has 0 spiro atoms. The molecule has 2 atom stereocenters. The summed E-state index contributed by atoms with van der Waals surface area (Å²) in [5.41, 5.74) is 39.6. The summed E-state index contributed by atoms with van der Waals surface area (Å²) in [6, 6.07) is 165. The largest absolute Gasteiger partial charge is 0.456 e. The Bertz CT molecular complexity index is 9440. The van der Waals surface area contributed by atoms with Crippen molar-refractivity contribution in [2.24, 2.45) is 5.92 Å². The zero-order chi connectivity index (χ0) is 91.9. The van der Waals surface area contributed by atoms with Crippen molar-refractivity contribution in [3.05, 3.63) is 512 Å². The van der Waals surface area contributed by atoms with Gasteiger partial charge in [-0.1, -0.05) is 324 Å². The molecule has 28 rings (SSSR count). The van der Waals surface area contributed by atoms with Gasteiger partial charge in [0, 0.05) is 94.1 Å². The molecule has 654 valence electrons. The topological polar surface area (TPSA) is 59.0 Å². The van der Waals surface area contributed by atoms with Crippen molar-refractivity contribution in [3.63, 3.8) is 0 Å². The van der Waals surface area contributed by atoms with E-state index in [-0.39, 0.29) is 17.3 Å². The van der Waals surface area contributed by atoms with Crippen LogP contribution in [-0.4, -0.2) is 0 Å². The number of nitrogens with zero attached hydrogens (tertiary/aromatic N) is 2. The molecule has 4 aromatic heterocycles. The Labute approximate surface area is 803 Å². The van der Waals surface area contributed by atoms with Crippen LogP contribution in [0.2, 0.25) is 0 Å². The van der Waals surface area contributed by atoms with Crippen molar-refractivity contribution in [1.29, 1.82) is 0 Å². The molecular formula is C133H88N2O4. The Hall–Kier alpha value is -17.6. The van der Waals surface area contributed by atoms with Crippen molar-refractivity contribution in [2.75, 3.05) is 9.80 Å². The van der Waals surface area contributed by atoms with Gasteiger partial charge in [-0.05, 0) is 314 Å². The molecule has 0 saturated carbocycles. The molecule has 0 saturated heterocycles. The van der Waals surface area contributed by atoms with E-state index in [4.69, 9.17) is 17.7 Å². The maximum Gasteiger partial charge on any atom is 0.143 e. The second-order valence-corrected chi connectivity index (χ2v) is 38.6. The Kier molecular flexibility index (Phi) is 18.0. The number of benzene rings is 21. The quantitative estimate of drug-likeness (QED) is 0.102. The molecule has 6 nitrogen and oxygen atoms in total. The molecule has 0 aliphatic heterocycles. The molecule has 21 aromatic carbocycles. The van der Waals surface area contributed by atoms with E-state index < -0.39 is 5.41 Å². The van der Waals surface area contributed by atoms with Crippen LogP contribution in [-0.2, 0) is 10.8 Å². The van der Waals surface area contributed by atoms with Crippen LogP contribution in [0.5, 0.6) is 0 Å². The normalized spacial score (nSPS) is 14.6. The Morgan fingerprint density at radius 2 is 0.626 bits per heavy atom. The van der Waals surface area contributed by atoms with Gasteiger partial charge in [-0.15, -0.1) is 0 Å². The van der Waals surface area contributed by atoms with Crippen LogP contribution in [0, 0.1) is 5.92 Å². The van der Waals surface area contributed by atoms with Gasteiger partial charge in [-0.3, -0.25) is 0 Å². The number of allylic oxidation sites excluding steroid dienone is 3. The number of hydrogen-bond acceptors (Lipinski definition) is 6. The van der Waals surface area contributed by atoms with E-state index in [9.17, 15) is 0 Å². The first kappa shape index (κ1) is 79.9. The highest BCUT2D eigenvalue weighted by Crippen LogP contribution is 2.59. The fraction of sp³-hybridized carbons (Fsp3) is 0.0526. The van der Waals surface area contributed by atoms with Gasteiger partial charge < -0.3 is 27.5 Å². The molecule has 0 N–H and O–H groups in total. The standard InChI is InChI=1S/C133H88N2O4/c1-81-65-101(135(103-53-44-83-24-11-13-26-86(83)73-103)105-56-60-111-109-32-15-19-38-121(109)133(123(111)80-105,98-27-6-4-7-28-98)99-29-8-5-9-30-99)54-58-106(81)97-70-95(88-47-62-127-117(75-88)113-34-17-21-40-125(113)137-127)69-96(71-97)89-48-63-128-118(76-89)114-57-45-91(78-130(114)138-128)107-35-22-36-115-119-77-90(49-64-129(119)139-131(107)115)94-67-92(66-93(68-94)87-46-61-126-116(74-87)112-33-16-20-39-124(112)136-126)84-41-50-100(51-42-84)134(102-52-43-82-23-10-12-25-85(82)72-102)104-55-59-110-108-31-14-18-37-120(108)132(2,3)122(110)79-104/h4-81,106H,1-3H3. The van der Waals surface area contributed by atoms with E-state index in [1.54, 1.807) is 0 Å². The Morgan fingerprint density at radius 3 is 1.21 bits per heavy atom. The predicted octanol–water partition coefficient (Wildman–Crippen LogP) is 36.7. The zero-order valence-electron chi connectivity index (χ0n) is 76.6. The van der Waals surface area contributed by atoms with E-state index in [0.29, 0.717) is 0 Å². The van der Waals surface area contributed by atoms with Gasteiger partial charge in [0.15, 0.2) is 0 Å². The van der Waals surface area contributed by atoms with Crippen molar-refractivity contribution in [3.8, 4) is 89.0 Å². The third-order valence-electron chi connectivity index (χ3n) is 30.3. The van der Waals surface area contributed by atoms with Crippen LogP contribution in [0.15, 0.2) is 491 Å². The van der Waals surface area contributed by atoms with Gasteiger partial charge in [-0.25, -0.2) is 0 Å². The monoisotopic (exact) mass is 1780 g/mol. The first-order valence-corrected chi connectivity index (χ1v) is 48.2. The van der Waals surface area contributed by atoms with Gasteiger partial charge in [0.2, 0.25) is 0 Å². The van der Waals surface area contributed by atoms with E-state index in [0.717, 1.165) is 189 Å². The van der Waals surface area contributed by atoms with Crippen LogP contribution in [0.4, 0.5) is 28.4 Å². The highest BCUT2D eigenvalue weighted by atomic mass is 16.3. The van der Waals surface area contributed by atoms with Crippen LogP contribution in [0.1, 0.15) is 65.6 Å². The minimum atomic E-state index is -0.573. The van der Waals surface area contributed by atoms with E-state index in [1.165, 1.54) is 82.7 Å². The number of rotatable bonds is 15. The van der Waals surface area contributed by atoms with E-state index in [2.05, 4.69) is 486 Å². The van der Waals surface area contributed by atoms with Crippen molar-refractivity contribution in [2.45, 2.75) is 37.5 Å². The molecule has 3 aliphatic carbocycles. The molecule has 25 aromatic rings. The summed E-state index contributed by atoms with van der Waals surface area (Å²) in [5, 5.41) is 13.3. The molecule has 4 heterocycles. The van der Waals surface area contributed by atoms with Gasteiger partial charge >= 0.3 is 0 Å². The summed E-state index contributed by atoms with van der Waals surface area (Å²) in [7, 11) is 0. The predicted molar refractivity (Wildman–Crippen MR) is 577 cm³/mol. The lowest BCUT2D eigenvalue weighted by atomic mass is 9.67. The minimum absolute atomic E-state index is 0.0163. The summed E-state index contributed by atoms with van der Waals surface area (Å²) in [6.45, 7) is 7.11. The van der Waals surface area contributed by atoms with Gasteiger partial charge in [-0.2, -0.15) is 0 Å². The molecular weight excluding hydrogens is 1690 g/mol. The minimum Gasteiger partial charge on any atom is -0.456 e. The highest BCUT2D eigenvalue weighted by Gasteiger charge is 2.47. The molecule has 3 aliphatic rings. The smallest absolute Gasteiger partial charge is 0.143 e. The highest BCUT2D eigenvalue weighted by molar-refractivity contribution is 6.14. The molecule has 2 unspecified atom stereocenters. The first-order chi connectivity index (χ1) is 68.5. The summed E-state index contributed by atoms with van der Waals surface area (Å²) in [5.74, 6) is 0.0839. The average Bonchev–Trinajstić information content (AvgIpc) is 1.52. The van der Waals surface area contributed by atoms with Gasteiger partial charge in [0.25, 0.3) is 0 Å². The summed E-state index contributed by atoms with van der Waals surface area (Å²) in [6.07, 6.45) is 7.33. The van der Waals surface area contributed by atoms with Crippen LogP contribution < -0.4 is 9.80 Å². The molecule has 6 heteroatoms. The van der Waals surface area contributed by atoms with E-state index >= 15 is 0 Å². The van der Waals surface area contributed by atoms with Crippen molar-refractivity contribution in [1.82, 2.24) is 0 Å². The van der Waals surface area contributed by atoms with Crippen molar-refractivity contribution >= 4 is 138 Å².